The lowest BCUT2D eigenvalue weighted by molar-refractivity contribution is 0.705. The highest BCUT2D eigenvalue weighted by molar-refractivity contribution is 5.51. The molecule has 0 atom stereocenters. The van der Waals surface area contributed by atoms with Crippen LogP contribution in [0.2, 0.25) is 0 Å². The van der Waals surface area contributed by atoms with Gasteiger partial charge in [-0.1, -0.05) is 6.08 Å². The number of hydrogen-bond donors (Lipinski definition) is 1. The zero-order valence-corrected chi connectivity index (χ0v) is 6.91. The minimum absolute atomic E-state index is 0.412. The number of allylic oxidation sites excluding steroid dienone is 1. The van der Waals surface area contributed by atoms with E-state index >= 15 is 0 Å². The van der Waals surface area contributed by atoms with Gasteiger partial charge in [-0.25, -0.2) is 4.68 Å². The molecule has 0 spiro atoms. The van der Waals surface area contributed by atoms with Crippen LogP contribution in [-0.4, -0.2) is 9.78 Å². The number of anilines is 1. The van der Waals surface area contributed by atoms with Crippen molar-refractivity contribution in [2.75, 3.05) is 5.73 Å². The summed E-state index contributed by atoms with van der Waals surface area (Å²) in [4.78, 5) is 0. The predicted molar refractivity (Wildman–Crippen MR) is 46.3 cm³/mol. The van der Waals surface area contributed by atoms with E-state index in [0.717, 1.165) is 0 Å². The fourth-order valence-electron chi connectivity index (χ4n) is 0.999. The summed E-state index contributed by atoms with van der Waals surface area (Å²) in [6, 6.07) is 2.00. The maximum Gasteiger partial charge on any atom is 0.140 e. The van der Waals surface area contributed by atoms with Crippen molar-refractivity contribution in [3.8, 4) is 6.07 Å². The Labute approximate surface area is 70.9 Å². The normalized spacial score (nSPS) is 9.33. The quantitative estimate of drug-likeness (QED) is 0.655. The first-order valence-corrected chi connectivity index (χ1v) is 3.54. The molecule has 1 rings (SSSR count). The molecular formula is C8H10N4. The maximum atomic E-state index is 8.67. The minimum Gasteiger partial charge on any atom is -0.383 e. The van der Waals surface area contributed by atoms with Gasteiger partial charge >= 0.3 is 0 Å². The van der Waals surface area contributed by atoms with Gasteiger partial charge in [0.25, 0.3) is 0 Å². The van der Waals surface area contributed by atoms with Gasteiger partial charge in [0, 0.05) is 0 Å². The van der Waals surface area contributed by atoms with Crippen molar-refractivity contribution in [3.63, 3.8) is 0 Å². The fraction of sp³-hybridized carbons (Fsp3) is 0.250. The molecule has 0 saturated carbocycles. The molecule has 0 saturated heterocycles. The number of rotatable bonds is 2. The van der Waals surface area contributed by atoms with Crippen molar-refractivity contribution in [2.24, 2.45) is 0 Å². The highest BCUT2D eigenvalue weighted by atomic mass is 15.3. The van der Waals surface area contributed by atoms with Gasteiger partial charge in [0.05, 0.1) is 12.2 Å². The molecule has 1 heterocycles. The molecule has 2 N–H and O–H groups in total. The topological polar surface area (TPSA) is 67.6 Å². The van der Waals surface area contributed by atoms with E-state index in [9.17, 15) is 0 Å². The summed E-state index contributed by atoms with van der Waals surface area (Å²) in [5.41, 5.74) is 6.75. The summed E-state index contributed by atoms with van der Waals surface area (Å²) >= 11 is 0. The maximum absolute atomic E-state index is 8.67. The molecule has 1 aromatic heterocycles. The predicted octanol–water partition coefficient (Wildman–Crippen LogP) is 0.831. The lowest BCUT2D eigenvalue weighted by Crippen LogP contribution is -2.03. The Hall–Kier alpha value is -1.76. The SMILES string of the molecule is C=CCn1nc(C)c(C#N)c1N. The van der Waals surface area contributed by atoms with Gasteiger partial charge in [0.15, 0.2) is 0 Å². The number of nitrogen functional groups attached to an aromatic ring is 1. The van der Waals surface area contributed by atoms with Crippen molar-refractivity contribution in [3.05, 3.63) is 23.9 Å². The van der Waals surface area contributed by atoms with E-state index in [-0.39, 0.29) is 0 Å². The first-order chi connectivity index (χ1) is 5.70. The first kappa shape index (κ1) is 8.34. The van der Waals surface area contributed by atoms with Crippen molar-refractivity contribution in [2.45, 2.75) is 13.5 Å². The molecule has 1 aromatic rings. The van der Waals surface area contributed by atoms with Crippen molar-refractivity contribution in [1.82, 2.24) is 9.78 Å². The van der Waals surface area contributed by atoms with Crippen LogP contribution in [0.5, 0.6) is 0 Å². The first-order valence-electron chi connectivity index (χ1n) is 3.54. The van der Waals surface area contributed by atoms with Crippen LogP contribution in [0.3, 0.4) is 0 Å². The van der Waals surface area contributed by atoms with E-state index in [1.165, 1.54) is 0 Å². The van der Waals surface area contributed by atoms with Crippen LogP contribution in [0, 0.1) is 18.3 Å². The molecule has 0 aliphatic carbocycles. The summed E-state index contributed by atoms with van der Waals surface area (Å²) in [7, 11) is 0. The zero-order valence-electron chi connectivity index (χ0n) is 6.91. The monoisotopic (exact) mass is 162 g/mol. The third kappa shape index (κ3) is 1.17. The molecule has 0 radical (unpaired) electrons. The van der Waals surface area contributed by atoms with E-state index < -0.39 is 0 Å². The summed E-state index contributed by atoms with van der Waals surface area (Å²) < 4.78 is 1.56. The van der Waals surface area contributed by atoms with E-state index in [1.54, 1.807) is 17.7 Å². The molecule has 0 aromatic carbocycles. The molecule has 12 heavy (non-hydrogen) atoms. The molecule has 0 fully saturated rings. The standard InChI is InChI=1S/C8H10N4/c1-3-4-12-8(10)7(5-9)6(2)11-12/h3H,1,4,10H2,2H3. The second-order valence-corrected chi connectivity index (χ2v) is 2.43. The molecule has 0 aliphatic rings. The molecule has 0 unspecified atom stereocenters. The summed E-state index contributed by atoms with van der Waals surface area (Å²) in [5.74, 6) is 0.412. The molecule has 4 heteroatoms. The van der Waals surface area contributed by atoms with Gasteiger partial charge in [0.1, 0.15) is 17.5 Å². The second-order valence-electron chi connectivity index (χ2n) is 2.43. The second kappa shape index (κ2) is 3.09. The Morgan fingerprint density at radius 1 is 1.83 bits per heavy atom. The number of nitriles is 1. The van der Waals surface area contributed by atoms with E-state index in [0.29, 0.717) is 23.6 Å². The largest absolute Gasteiger partial charge is 0.383 e. The summed E-state index contributed by atoms with van der Waals surface area (Å²) in [6.07, 6.45) is 1.68. The smallest absolute Gasteiger partial charge is 0.140 e. The van der Waals surface area contributed by atoms with E-state index in [1.807, 2.05) is 6.07 Å². The summed E-state index contributed by atoms with van der Waals surface area (Å²) in [5, 5.41) is 12.7. The Balaban J connectivity index is 3.19. The van der Waals surface area contributed by atoms with Crippen LogP contribution >= 0.6 is 0 Å². The number of aromatic nitrogens is 2. The Kier molecular flexibility index (Phi) is 2.15. The fourth-order valence-corrected chi connectivity index (χ4v) is 0.999. The van der Waals surface area contributed by atoms with E-state index in [4.69, 9.17) is 11.0 Å². The van der Waals surface area contributed by atoms with Crippen LogP contribution in [-0.2, 0) is 6.54 Å². The van der Waals surface area contributed by atoms with Crippen molar-refractivity contribution in [1.29, 1.82) is 5.26 Å². The highest BCUT2D eigenvalue weighted by Gasteiger charge is 2.09. The van der Waals surface area contributed by atoms with Crippen LogP contribution < -0.4 is 5.73 Å². The van der Waals surface area contributed by atoms with Gasteiger partial charge < -0.3 is 5.73 Å². The number of nitrogens with two attached hydrogens (primary N) is 1. The third-order valence-corrected chi connectivity index (χ3v) is 1.58. The van der Waals surface area contributed by atoms with Gasteiger partial charge in [-0.2, -0.15) is 10.4 Å². The van der Waals surface area contributed by atoms with Crippen LogP contribution in [0.15, 0.2) is 12.7 Å². The molecule has 4 nitrogen and oxygen atoms in total. The molecule has 0 amide bonds. The van der Waals surface area contributed by atoms with Gasteiger partial charge in [-0.15, -0.1) is 6.58 Å². The van der Waals surface area contributed by atoms with Gasteiger partial charge in [-0.05, 0) is 6.92 Å². The zero-order chi connectivity index (χ0) is 9.14. The Morgan fingerprint density at radius 2 is 2.50 bits per heavy atom. The van der Waals surface area contributed by atoms with E-state index in [2.05, 4.69) is 11.7 Å². The number of nitrogens with zero attached hydrogens (tertiary/aromatic N) is 3. The number of aryl methyl sites for hydroxylation is 1. The minimum atomic E-state index is 0.412. The molecular weight excluding hydrogens is 152 g/mol. The third-order valence-electron chi connectivity index (χ3n) is 1.58. The average molecular weight is 162 g/mol. The lowest BCUT2D eigenvalue weighted by Gasteiger charge is -1.96. The molecule has 0 aliphatic heterocycles. The van der Waals surface area contributed by atoms with Crippen LogP contribution in [0.25, 0.3) is 0 Å². The highest BCUT2D eigenvalue weighted by Crippen LogP contribution is 2.14. The average Bonchev–Trinajstić information content (AvgIpc) is 2.29. The van der Waals surface area contributed by atoms with Gasteiger partial charge in [0.2, 0.25) is 0 Å². The molecule has 0 bridgehead atoms. The summed E-state index contributed by atoms with van der Waals surface area (Å²) in [6.45, 7) is 5.86. The van der Waals surface area contributed by atoms with Crippen molar-refractivity contribution >= 4 is 5.82 Å². The number of hydrogen-bond acceptors (Lipinski definition) is 3. The van der Waals surface area contributed by atoms with Gasteiger partial charge in [-0.3, -0.25) is 0 Å². The lowest BCUT2D eigenvalue weighted by atomic mass is 10.3. The molecule has 62 valence electrons. The Morgan fingerprint density at radius 3 is 2.92 bits per heavy atom. The van der Waals surface area contributed by atoms with Crippen LogP contribution in [0.1, 0.15) is 11.3 Å². The van der Waals surface area contributed by atoms with Crippen LogP contribution in [0.4, 0.5) is 5.82 Å². The Bertz CT molecular complexity index is 343. The van der Waals surface area contributed by atoms with Crippen molar-refractivity contribution < 1.29 is 0 Å².